The molecule has 1 aliphatic rings. The zero-order chi connectivity index (χ0) is 27.3. The van der Waals surface area contributed by atoms with Crippen LogP contribution in [0.15, 0.2) is 42.6 Å². The van der Waals surface area contributed by atoms with Crippen molar-refractivity contribution in [2.24, 2.45) is 11.1 Å². The number of aliphatic hydroxyl groups excluding tert-OH is 1. The SMILES string of the molecule is COc1ccc2ncc(CN)c(C(O)CCC3(C(=O)O)CCN(CCNc4cc(F)cc(F)c4)CC3)c2c1. The summed E-state index contributed by atoms with van der Waals surface area (Å²) in [5, 5.41) is 25.1. The van der Waals surface area contributed by atoms with Gasteiger partial charge in [-0.2, -0.15) is 0 Å². The summed E-state index contributed by atoms with van der Waals surface area (Å²) in [5.41, 5.74) is 7.44. The van der Waals surface area contributed by atoms with Gasteiger partial charge in [0.1, 0.15) is 17.4 Å². The van der Waals surface area contributed by atoms with Crippen molar-refractivity contribution in [2.45, 2.75) is 38.3 Å². The van der Waals surface area contributed by atoms with Gasteiger partial charge in [-0.1, -0.05) is 0 Å². The Bertz CT molecular complexity index is 1260. The molecule has 0 aliphatic carbocycles. The van der Waals surface area contributed by atoms with Crippen molar-refractivity contribution in [1.29, 1.82) is 0 Å². The van der Waals surface area contributed by atoms with Crippen LogP contribution < -0.4 is 15.8 Å². The van der Waals surface area contributed by atoms with E-state index in [-0.39, 0.29) is 13.0 Å². The van der Waals surface area contributed by atoms with Crippen LogP contribution in [-0.2, 0) is 11.3 Å². The molecule has 1 aromatic heterocycles. The number of aliphatic carboxylic acids is 1. The van der Waals surface area contributed by atoms with Gasteiger partial charge in [0.05, 0.1) is 24.1 Å². The van der Waals surface area contributed by atoms with Crippen LogP contribution in [0.3, 0.4) is 0 Å². The second-order valence-corrected chi connectivity index (χ2v) is 9.85. The Balaban J connectivity index is 1.39. The molecule has 3 aromatic rings. The van der Waals surface area contributed by atoms with E-state index in [1.54, 1.807) is 19.4 Å². The molecular formula is C28H34F2N4O4. The number of hydrogen-bond acceptors (Lipinski definition) is 7. The van der Waals surface area contributed by atoms with Gasteiger partial charge >= 0.3 is 5.97 Å². The quantitative estimate of drug-likeness (QED) is 0.294. The van der Waals surface area contributed by atoms with Crippen LogP contribution in [0.2, 0.25) is 0 Å². The number of aromatic nitrogens is 1. The van der Waals surface area contributed by atoms with Crippen LogP contribution in [0.5, 0.6) is 5.75 Å². The molecule has 5 N–H and O–H groups in total. The number of hydrogen-bond donors (Lipinski definition) is 4. The summed E-state index contributed by atoms with van der Waals surface area (Å²) in [7, 11) is 1.57. The van der Waals surface area contributed by atoms with E-state index in [0.717, 1.165) is 11.5 Å². The van der Waals surface area contributed by atoms with Crippen molar-refractivity contribution >= 4 is 22.6 Å². The number of carboxylic acids is 1. The fraction of sp³-hybridized carbons (Fsp3) is 0.429. The number of nitrogens with one attached hydrogen (secondary N) is 1. The second kappa shape index (κ2) is 12.0. The third-order valence-electron chi connectivity index (χ3n) is 7.54. The minimum absolute atomic E-state index is 0.196. The predicted molar refractivity (Wildman–Crippen MR) is 141 cm³/mol. The van der Waals surface area contributed by atoms with Gasteiger partial charge in [-0.25, -0.2) is 8.78 Å². The van der Waals surface area contributed by atoms with Gasteiger partial charge in [-0.05, 0) is 80.2 Å². The van der Waals surface area contributed by atoms with E-state index < -0.39 is 29.1 Å². The maximum absolute atomic E-state index is 13.4. The molecule has 4 rings (SSSR count). The summed E-state index contributed by atoms with van der Waals surface area (Å²) in [6.07, 6.45) is 2.22. The van der Waals surface area contributed by atoms with E-state index in [1.807, 2.05) is 12.1 Å². The zero-order valence-electron chi connectivity index (χ0n) is 21.4. The molecule has 0 amide bonds. The predicted octanol–water partition coefficient (Wildman–Crippen LogP) is 4.07. The Morgan fingerprint density at radius 1 is 1.21 bits per heavy atom. The number of nitrogens with two attached hydrogens (primary N) is 1. The Labute approximate surface area is 220 Å². The zero-order valence-corrected chi connectivity index (χ0v) is 21.4. The summed E-state index contributed by atoms with van der Waals surface area (Å²) in [6, 6.07) is 8.72. The van der Waals surface area contributed by atoms with E-state index in [2.05, 4.69) is 15.2 Å². The van der Waals surface area contributed by atoms with E-state index in [1.165, 1.54) is 12.1 Å². The number of nitrogens with zero attached hydrogens (tertiary/aromatic N) is 2. The highest BCUT2D eigenvalue weighted by atomic mass is 19.1. The number of anilines is 1. The largest absolute Gasteiger partial charge is 0.497 e. The molecule has 0 saturated carbocycles. The fourth-order valence-corrected chi connectivity index (χ4v) is 5.26. The van der Waals surface area contributed by atoms with Crippen molar-refractivity contribution in [2.75, 3.05) is 38.6 Å². The first-order valence-corrected chi connectivity index (χ1v) is 12.7. The summed E-state index contributed by atoms with van der Waals surface area (Å²) in [6.45, 7) is 2.43. The number of carboxylic acid groups (broad SMARTS) is 1. The minimum Gasteiger partial charge on any atom is -0.497 e. The number of rotatable bonds is 11. The highest BCUT2D eigenvalue weighted by molar-refractivity contribution is 5.85. The Kier molecular flexibility index (Phi) is 8.76. The first kappa shape index (κ1) is 27.7. The number of piperidine rings is 1. The number of aliphatic hydroxyl groups is 1. The third kappa shape index (κ3) is 6.20. The molecule has 1 aliphatic heterocycles. The van der Waals surface area contributed by atoms with E-state index in [4.69, 9.17) is 10.5 Å². The molecule has 0 radical (unpaired) electrons. The number of carbonyl (C=O) groups is 1. The summed E-state index contributed by atoms with van der Waals surface area (Å²) < 4.78 is 32.1. The number of halogens is 2. The lowest BCUT2D eigenvalue weighted by atomic mass is 9.74. The Morgan fingerprint density at radius 3 is 2.55 bits per heavy atom. The van der Waals surface area contributed by atoms with Gasteiger partial charge in [0.15, 0.2) is 0 Å². The number of likely N-dealkylation sites (tertiary alicyclic amines) is 1. The average Bonchev–Trinajstić information content (AvgIpc) is 2.90. The van der Waals surface area contributed by atoms with Crippen LogP contribution >= 0.6 is 0 Å². The standard InChI is InChI=1S/C28H34F2N4O4/c1-38-22-2-3-24-23(15-22)26(18(16-31)17-33-24)25(35)4-5-28(27(36)37)6-9-34(10-7-28)11-8-32-21-13-19(29)12-20(30)14-21/h2-3,12-15,17,25,32,35H,4-11,16,31H2,1H3,(H,36,37). The van der Waals surface area contributed by atoms with Gasteiger partial charge in [0.2, 0.25) is 0 Å². The Hall–Kier alpha value is -3.34. The molecule has 1 fully saturated rings. The average molecular weight is 529 g/mol. The molecule has 2 heterocycles. The summed E-state index contributed by atoms with van der Waals surface area (Å²) >= 11 is 0. The molecule has 38 heavy (non-hydrogen) atoms. The number of benzene rings is 2. The molecule has 1 unspecified atom stereocenters. The normalized spacial score (nSPS) is 16.3. The van der Waals surface area contributed by atoms with Gasteiger partial charge in [0, 0.05) is 43.0 Å². The lowest BCUT2D eigenvalue weighted by Crippen LogP contribution is -2.45. The first-order chi connectivity index (χ1) is 18.2. The smallest absolute Gasteiger partial charge is 0.309 e. The minimum atomic E-state index is -0.944. The lowest BCUT2D eigenvalue weighted by molar-refractivity contribution is -0.153. The summed E-state index contributed by atoms with van der Waals surface area (Å²) in [4.78, 5) is 19.0. The lowest BCUT2D eigenvalue weighted by Gasteiger charge is -2.39. The molecular weight excluding hydrogens is 494 g/mol. The van der Waals surface area contributed by atoms with E-state index in [9.17, 15) is 23.8 Å². The number of pyridine rings is 1. The second-order valence-electron chi connectivity index (χ2n) is 9.85. The van der Waals surface area contributed by atoms with Crippen LogP contribution in [0.25, 0.3) is 10.9 Å². The molecule has 0 spiro atoms. The summed E-state index contributed by atoms with van der Waals surface area (Å²) in [5.74, 6) is -1.51. The van der Waals surface area contributed by atoms with E-state index in [0.29, 0.717) is 73.5 Å². The molecule has 10 heteroatoms. The van der Waals surface area contributed by atoms with Crippen molar-refractivity contribution in [1.82, 2.24) is 9.88 Å². The van der Waals surface area contributed by atoms with Crippen molar-refractivity contribution in [3.63, 3.8) is 0 Å². The monoisotopic (exact) mass is 528 g/mol. The fourth-order valence-electron chi connectivity index (χ4n) is 5.26. The highest BCUT2D eigenvalue weighted by Crippen LogP contribution is 2.40. The van der Waals surface area contributed by atoms with Crippen molar-refractivity contribution < 1.29 is 28.5 Å². The van der Waals surface area contributed by atoms with Gasteiger partial charge in [0.25, 0.3) is 0 Å². The molecule has 2 aromatic carbocycles. The van der Waals surface area contributed by atoms with E-state index >= 15 is 0 Å². The maximum Gasteiger partial charge on any atom is 0.309 e. The molecule has 1 atom stereocenters. The van der Waals surface area contributed by atoms with Gasteiger partial charge in [-0.3, -0.25) is 9.78 Å². The number of fused-ring (bicyclic) bond motifs is 1. The van der Waals surface area contributed by atoms with Gasteiger partial charge in [-0.15, -0.1) is 0 Å². The molecule has 1 saturated heterocycles. The third-order valence-corrected chi connectivity index (χ3v) is 7.54. The van der Waals surface area contributed by atoms with Gasteiger partial charge < -0.3 is 30.9 Å². The van der Waals surface area contributed by atoms with Crippen molar-refractivity contribution in [3.8, 4) is 5.75 Å². The molecule has 8 nitrogen and oxygen atoms in total. The number of ether oxygens (including phenoxy) is 1. The topological polar surface area (TPSA) is 121 Å². The van der Waals surface area contributed by atoms with Crippen LogP contribution in [-0.4, -0.2) is 59.4 Å². The molecule has 204 valence electrons. The number of methoxy groups -OCH3 is 1. The maximum atomic E-state index is 13.4. The Morgan fingerprint density at radius 2 is 1.92 bits per heavy atom. The van der Waals surface area contributed by atoms with Crippen LogP contribution in [0, 0.1) is 17.0 Å². The van der Waals surface area contributed by atoms with Crippen LogP contribution in [0.1, 0.15) is 42.9 Å². The van der Waals surface area contributed by atoms with Crippen LogP contribution in [0.4, 0.5) is 14.5 Å². The highest BCUT2D eigenvalue weighted by Gasteiger charge is 2.41. The first-order valence-electron chi connectivity index (χ1n) is 12.7. The molecule has 0 bridgehead atoms. The van der Waals surface area contributed by atoms with Crippen molar-refractivity contribution in [3.05, 3.63) is 65.4 Å².